The summed E-state index contributed by atoms with van der Waals surface area (Å²) < 4.78 is 17.0. The van der Waals surface area contributed by atoms with E-state index < -0.39 is 0 Å². The number of benzene rings is 1. The molecule has 0 spiro atoms. The highest BCUT2D eigenvalue weighted by Crippen LogP contribution is 2.29. The zero-order chi connectivity index (χ0) is 15.2. The molecule has 1 N–H and O–H groups in total. The van der Waals surface area contributed by atoms with Gasteiger partial charge >= 0.3 is 0 Å². The zero-order valence-corrected chi connectivity index (χ0v) is 13.2. The van der Waals surface area contributed by atoms with Crippen LogP contribution in [0, 0.1) is 6.92 Å². The Kier molecular flexibility index (Phi) is 5.28. The molecule has 0 unspecified atom stereocenters. The maximum Gasteiger partial charge on any atom is 0.161 e. The number of nitrogens with one attached hydrogen (secondary N) is 1. The van der Waals surface area contributed by atoms with Crippen molar-refractivity contribution < 1.29 is 13.9 Å². The molecule has 0 radical (unpaired) electrons. The van der Waals surface area contributed by atoms with Gasteiger partial charge in [0.25, 0.3) is 0 Å². The van der Waals surface area contributed by atoms with Crippen molar-refractivity contribution in [3.63, 3.8) is 0 Å². The first kappa shape index (κ1) is 15.4. The minimum Gasteiger partial charge on any atom is -0.493 e. The van der Waals surface area contributed by atoms with Crippen LogP contribution < -0.4 is 14.8 Å². The third-order valence-electron chi connectivity index (χ3n) is 3.42. The first-order chi connectivity index (χ1) is 10.2. The van der Waals surface area contributed by atoms with Crippen molar-refractivity contribution in [1.29, 1.82) is 0 Å². The monoisotopic (exact) mass is 289 g/mol. The van der Waals surface area contributed by atoms with Crippen LogP contribution in [-0.2, 0) is 19.6 Å². The second-order valence-corrected chi connectivity index (χ2v) is 4.98. The molecule has 0 atom stereocenters. The van der Waals surface area contributed by atoms with E-state index in [-0.39, 0.29) is 0 Å². The standard InChI is InChI=1S/C17H23NO3/c1-5-13-6-7-15(16(9-13)19-4)20-11-14-8-12(2)17(21-14)10-18-3/h6-9,18H,5,10-11H2,1-4H3. The molecule has 0 amide bonds. The van der Waals surface area contributed by atoms with Crippen LogP contribution in [0.2, 0.25) is 0 Å². The molecule has 0 saturated heterocycles. The van der Waals surface area contributed by atoms with Crippen LogP contribution in [0.25, 0.3) is 0 Å². The normalized spacial score (nSPS) is 10.7. The molecule has 1 aromatic carbocycles. The molecule has 2 rings (SSSR count). The van der Waals surface area contributed by atoms with E-state index in [2.05, 4.69) is 18.3 Å². The summed E-state index contributed by atoms with van der Waals surface area (Å²) in [5, 5.41) is 3.09. The van der Waals surface area contributed by atoms with Gasteiger partial charge in [-0.2, -0.15) is 0 Å². The Morgan fingerprint density at radius 2 is 2.00 bits per heavy atom. The molecule has 21 heavy (non-hydrogen) atoms. The fraction of sp³-hybridized carbons (Fsp3) is 0.412. The lowest BCUT2D eigenvalue weighted by molar-refractivity contribution is 0.252. The third-order valence-corrected chi connectivity index (χ3v) is 3.42. The highest BCUT2D eigenvalue weighted by Gasteiger charge is 2.10. The van der Waals surface area contributed by atoms with Crippen molar-refractivity contribution in [3.8, 4) is 11.5 Å². The van der Waals surface area contributed by atoms with Crippen molar-refractivity contribution in [3.05, 3.63) is 46.9 Å². The average Bonchev–Trinajstić information content (AvgIpc) is 2.85. The lowest BCUT2D eigenvalue weighted by Crippen LogP contribution is -2.04. The summed E-state index contributed by atoms with van der Waals surface area (Å²) in [5.74, 6) is 3.26. The Morgan fingerprint density at radius 1 is 1.19 bits per heavy atom. The predicted molar refractivity (Wildman–Crippen MR) is 82.9 cm³/mol. The van der Waals surface area contributed by atoms with Gasteiger partial charge in [-0.3, -0.25) is 0 Å². The maximum absolute atomic E-state index is 5.82. The summed E-state index contributed by atoms with van der Waals surface area (Å²) in [4.78, 5) is 0. The molecule has 0 bridgehead atoms. The molecule has 2 aromatic rings. The number of rotatable bonds is 7. The molecule has 114 valence electrons. The SMILES string of the molecule is CCc1ccc(OCc2cc(C)c(CNC)o2)c(OC)c1. The van der Waals surface area contributed by atoms with Gasteiger partial charge in [-0.25, -0.2) is 0 Å². The van der Waals surface area contributed by atoms with E-state index in [0.29, 0.717) is 6.61 Å². The van der Waals surface area contributed by atoms with Gasteiger partial charge in [0.2, 0.25) is 0 Å². The molecule has 0 fully saturated rings. The average molecular weight is 289 g/mol. The quantitative estimate of drug-likeness (QED) is 0.847. The Labute approximate surface area is 126 Å². The molecular formula is C17H23NO3. The van der Waals surface area contributed by atoms with Crippen molar-refractivity contribution in [1.82, 2.24) is 5.32 Å². The summed E-state index contributed by atoms with van der Waals surface area (Å²) in [6, 6.07) is 8.02. The van der Waals surface area contributed by atoms with E-state index >= 15 is 0 Å². The van der Waals surface area contributed by atoms with Gasteiger partial charge in [0.15, 0.2) is 11.5 Å². The van der Waals surface area contributed by atoms with Gasteiger partial charge in [-0.05, 0) is 49.7 Å². The van der Waals surface area contributed by atoms with E-state index in [0.717, 1.165) is 41.5 Å². The van der Waals surface area contributed by atoms with Gasteiger partial charge in [0, 0.05) is 0 Å². The molecule has 1 aromatic heterocycles. The largest absolute Gasteiger partial charge is 0.493 e. The molecule has 0 aliphatic rings. The van der Waals surface area contributed by atoms with E-state index in [4.69, 9.17) is 13.9 Å². The summed E-state index contributed by atoms with van der Waals surface area (Å²) in [6.07, 6.45) is 0.974. The molecule has 0 aliphatic heterocycles. The number of ether oxygens (including phenoxy) is 2. The summed E-state index contributed by atoms with van der Waals surface area (Å²) >= 11 is 0. The minimum atomic E-state index is 0.395. The predicted octanol–water partition coefficient (Wildman–Crippen LogP) is 3.46. The van der Waals surface area contributed by atoms with Crippen LogP contribution >= 0.6 is 0 Å². The maximum atomic E-state index is 5.82. The van der Waals surface area contributed by atoms with Crippen molar-refractivity contribution in [2.24, 2.45) is 0 Å². The minimum absolute atomic E-state index is 0.395. The Bertz CT molecular complexity index is 590. The third kappa shape index (κ3) is 3.79. The number of aryl methyl sites for hydroxylation is 2. The second-order valence-electron chi connectivity index (χ2n) is 4.98. The van der Waals surface area contributed by atoms with Crippen molar-refractivity contribution in [2.45, 2.75) is 33.4 Å². The topological polar surface area (TPSA) is 43.6 Å². The van der Waals surface area contributed by atoms with Gasteiger partial charge in [-0.1, -0.05) is 13.0 Å². The highest BCUT2D eigenvalue weighted by atomic mass is 16.5. The Hall–Kier alpha value is -1.94. The Balaban J connectivity index is 2.07. The number of hydrogen-bond donors (Lipinski definition) is 1. The Morgan fingerprint density at radius 3 is 2.67 bits per heavy atom. The van der Waals surface area contributed by atoms with E-state index in [1.165, 1.54) is 5.56 Å². The number of hydrogen-bond acceptors (Lipinski definition) is 4. The lowest BCUT2D eigenvalue weighted by Gasteiger charge is -2.10. The van der Waals surface area contributed by atoms with Crippen LogP contribution in [0.3, 0.4) is 0 Å². The van der Waals surface area contributed by atoms with Crippen LogP contribution in [0.1, 0.15) is 29.6 Å². The fourth-order valence-electron chi connectivity index (χ4n) is 2.20. The van der Waals surface area contributed by atoms with Crippen LogP contribution in [0.15, 0.2) is 28.7 Å². The summed E-state index contributed by atoms with van der Waals surface area (Å²) in [6.45, 7) is 5.27. The van der Waals surface area contributed by atoms with Gasteiger partial charge in [0.1, 0.15) is 18.1 Å². The first-order valence-electron chi connectivity index (χ1n) is 7.20. The zero-order valence-electron chi connectivity index (χ0n) is 13.2. The molecule has 4 heteroatoms. The fourth-order valence-corrected chi connectivity index (χ4v) is 2.20. The molecule has 4 nitrogen and oxygen atoms in total. The lowest BCUT2D eigenvalue weighted by atomic mass is 10.1. The van der Waals surface area contributed by atoms with Gasteiger partial charge in [-0.15, -0.1) is 0 Å². The van der Waals surface area contributed by atoms with Crippen LogP contribution in [0.5, 0.6) is 11.5 Å². The van der Waals surface area contributed by atoms with Gasteiger partial charge < -0.3 is 19.2 Å². The number of furan rings is 1. The van der Waals surface area contributed by atoms with E-state index in [1.54, 1.807) is 7.11 Å². The molecule has 1 heterocycles. The summed E-state index contributed by atoms with van der Waals surface area (Å²) in [7, 11) is 3.56. The van der Waals surface area contributed by atoms with Crippen LogP contribution in [0.4, 0.5) is 0 Å². The second kappa shape index (κ2) is 7.18. The van der Waals surface area contributed by atoms with Gasteiger partial charge in [0.05, 0.1) is 13.7 Å². The van der Waals surface area contributed by atoms with Crippen molar-refractivity contribution in [2.75, 3.05) is 14.2 Å². The van der Waals surface area contributed by atoms with E-state index in [1.807, 2.05) is 32.2 Å². The highest BCUT2D eigenvalue weighted by molar-refractivity contribution is 5.43. The van der Waals surface area contributed by atoms with E-state index in [9.17, 15) is 0 Å². The molecule has 0 saturated carbocycles. The van der Waals surface area contributed by atoms with Crippen LogP contribution in [-0.4, -0.2) is 14.2 Å². The first-order valence-corrected chi connectivity index (χ1v) is 7.20. The molecular weight excluding hydrogens is 266 g/mol. The molecule has 0 aliphatic carbocycles. The smallest absolute Gasteiger partial charge is 0.161 e. The number of methoxy groups -OCH3 is 1. The van der Waals surface area contributed by atoms with Crippen molar-refractivity contribution >= 4 is 0 Å². The summed E-state index contributed by atoms with van der Waals surface area (Å²) in [5.41, 5.74) is 2.36.